The van der Waals surface area contributed by atoms with Gasteiger partial charge >= 0.3 is 6.03 Å². The predicted octanol–water partition coefficient (Wildman–Crippen LogP) is 1.96. The number of carbonyl (C=O) groups is 1. The van der Waals surface area contributed by atoms with Crippen molar-refractivity contribution in [3.05, 3.63) is 30.1 Å². The SMILES string of the molecule is O=C(N[C@H]1CCCN(c2ccccc2F)C1)N1CCC[C@@H](O)C1. The number of benzene rings is 1. The van der Waals surface area contributed by atoms with Crippen LogP contribution in [0.3, 0.4) is 0 Å². The lowest BCUT2D eigenvalue weighted by molar-refractivity contribution is 0.0831. The van der Waals surface area contributed by atoms with Gasteiger partial charge in [-0.1, -0.05) is 12.1 Å². The summed E-state index contributed by atoms with van der Waals surface area (Å²) in [5.74, 6) is -0.223. The molecule has 2 N–H and O–H groups in total. The largest absolute Gasteiger partial charge is 0.391 e. The Morgan fingerprint density at radius 1 is 1.17 bits per heavy atom. The summed E-state index contributed by atoms with van der Waals surface area (Å²) < 4.78 is 13.9. The van der Waals surface area contributed by atoms with Crippen LogP contribution in [0.4, 0.5) is 14.9 Å². The van der Waals surface area contributed by atoms with Crippen molar-refractivity contribution in [1.29, 1.82) is 0 Å². The standard InChI is InChI=1S/C17H24FN3O2/c18-15-7-1-2-8-16(15)20-9-3-5-13(11-20)19-17(23)21-10-4-6-14(22)12-21/h1-2,7-8,13-14,22H,3-6,9-12H2,(H,19,23)/t13-,14+/m0/s1. The Morgan fingerprint density at radius 3 is 2.74 bits per heavy atom. The molecule has 2 amide bonds. The number of likely N-dealkylation sites (tertiary alicyclic amines) is 1. The number of anilines is 1. The zero-order valence-electron chi connectivity index (χ0n) is 13.2. The van der Waals surface area contributed by atoms with Gasteiger partial charge in [0.05, 0.1) is 11.8 Å². The molecule has 23 heavy (non-hydrogen) atoms. The summed E-state index contributed by atoms with van der Waals surface area (Å²) in [6.45, 7) is 2.50. The number of nitrogens with zero attached hydrogens (tertiary/aromatic N) is 2. The van der Waals surface area contributed by atoms with Gasteiger partial charge in [-0.3, -0.25) is 0 Å². The number of aliphatic hydroxyl groups is 1. The number of hydrogen-bond acceptors (Lipinski definition) is 3. The van der Waals surface area contributed by atoms with Gasteiger partial charge in [0.25, 0.3) is 0 Å². The monoisotopic (exact) mass is 321 g/mol. The van der Waals surface area contributed by atoms with Crippen molar-refractivity contribution < 1.29 is 14.3 Å². The fraction of sp³-hybridized carbons (Fsp3) is 0.588. The number of halogens is 1. The van der Waals surface area contributed by atoms with E-state index in [4.69, 9.17) is 0 Å². The Kier molecular flexibility index (Phi) is 5.00. The van der Waals surface area contributed by atoms with Crippen molar-refractivity contribution >= 4 is 11.7 Å². The van der Waals surface area contributed by atoms with Gasteiger partial charge in [-0.25, -0.2) is 9.18 Å². The van der Waals surface area contributed by atoms with Crippen molar-refractivity contribution in [2.24, 2.45) is 0 Å². The molecule has 0 saturated carbocycles. The highest BCUT2D eigenvalue weighted by atomic mass is 19.1. The quantitative estimate of drug-likeness (QED) is 0.875. The highest BCUT2D eigenvalue weighted by molar-refractivity contribution is 5.74. The number of para-hydroxylation sites is 1. The third kappa shape index (κ3) is 3.93. The lowest BCUT2D eigenvalue weighted by Gasteiger charge is -2.37. The van der Waals surface area contributed by atoms with Crippen LogP contribution in [0, 0.1) is 5.82 Å². The number of urea groups is 1. The number of amides is 2. The average molecular weight is 321 g/mol. The van der Waals surface area contributed by atoms with Gasteiger partial charge in [0.15, 0.2) is 0 Å². The molecule has 2 aliphatic heterocycles. The minimum absolute atomic E-state index is 0.00919. The van der Waals surface area contributed by atoms with Gasteiger partial charge in [-0.2, -0.15) is 0 Å². The maximum absolute atomic E-state index is 13.9. The normalized spacial score (nSPS) is 25.3. The molecule has 2 fully saturated rings. The molecule has 126 valence electrons. The van der Waals surface area contributed by atoms with E-state index in [1.807, 2.05) is 11.0 Å². The molecule has 3 rings (SSSR count). The van der Waals surface area contributed by atoms with Gasteiger partial charge in [0.2, 0.25) is 0 Å². The van der Waals surface area contributed by atoms with E-state index in [2.05, 4.69) is 5.32 Å². The summed E-state index contributed by atoms with van der Waals surface area (Å²) in [4.78, 5) is 16.0. The molecule has 0 aromatic heterocycles. The summed E-state index contributed by atoms with van der Waals surface area (Å²) in [5.41, 5.74) is 0.597. The number of nitrogens with one attached hydrogen (secondary N) is 1. The molecule has 0 bridgehead atoms. The molecule has 0 radical (unpaired) electrons. The fourth-order valence-electron chi connectivity index (χ4n) is 3.43. The molecule has 0 unspecified atom stereocenters. The second-order valence-corrected chi connectivity index (χ2v) is 6.43. The average Bonchev–Trinajstić information content (AvgIpc) is 2.55. The summed E-state index contributed by atoms with van der Waals surface area (Å²) in [5, 5.41) is 12.7. The molecule has 2 atom stereocenters. The van der Waals surface area contributed by atoms with E-state index >= 15 is 0 Å². The highest BCUT2D eigenvalue weighted by Crippen LogP contribution is 2.23. The van der Waals surface area contributed by atoms with Crippen LogP contribution in [-0.2, 0) is 0 Å². The molecule has 0 aliphatic carbocycles. The van der Waals surface area contributed by atoms with E-state index in [-0.39, 0.29) is 17.9 Å². The van der Waals surface area contributed by atoms with Crippen molar-refractivity contribution in [3.8, 4) is 0 Å². The second kappa shape index (κ2) is 7.17. The summed E-state index contributed by atoms with van der Waals surface area (Å²) in [6.07, 6.45) is 2.99. The van der Waals surface area contributed by atoms with Crippen LogP contribution in [-0.4, -0.2) is 54.4 Å². The van der Waals surface area contributed by atoms with E-state index in [0.29, 0.717) is 25.3 Å². The van der Waals surface area contributed by atoms with Crippen LogP contribution in [0.2, 0.25) is 0 Å². The fourth-order valence-corrected chi connectivity index (χ4v) is 3.43. The van der Waals surface area contributed by atoms with Gasteiger partial charge in [0.1, 0.15) is 5.82 Å². The lowest BCUT2D eigenvalue weighted by Crippen LogP contribution is -2.54. The van der Waals surface area contributed by atoms with Gasteiger partial charge < -0.3 is 20.2 Å². The van der Waals surface area contributed by atoms with Crippen LogP contribution in [0.5, 0.6) is 0 Å². The molecule has 2 heterocycles. The second-order valence-electron chi connectivity index (χ2n) is 6.43. The number of aliphatic hydroxyl groups excluding tert-OH is 1. The molecular formula is C17H24FN3O2. The topological polar surface area (TPSA) is 55.8 Å². The van der Waals surface area contributed by atoms with Crippen LogP contribution in [0.1, 0.15) is 25.7 Å². The van der Waals surface area contributed by atoms with Crippen LogP contribution >= 0.6 is 0 Å². The third-order valence-corrected chi connectivity index (χ3v) is 4.63. The molecule has 2 saturated heterocycles. The third-order valence-electron chi connectivity index (χ3n) is 4.63. The van der Waals surface area contributed by atoms with E-state index in [1.165, 1.54) is 6.07 Å². The summed E-state index contributed by atoms with van der Waals surface area (Å²) in [7, 11) is 0. The Morgan fingerprint density at radius 2 is 1.96 bits per heavy atom. The minimum Gasteiger partial charge on any atom is -0.391 e. The van der Waals surface area contributed by atoms with Gasteiger partial charge in [-0.05, 0) is 37.8 Å². The lowest BCUT2D eigenvalue weighted by atomic mass is 10.0. The van der Waals surface area contributed by atoms with Gasteiger partial charge in [0, 0.05) is 32.2 Å². The molecule has 2 aliphatic rings. The first-order valence-corrected chi connectivity index (χ1v) is 8.36. The molecule has 1 aromatic carbocycles. The summed E-state index contributed by atoms with van der Waals surface area (Å²) >= 11 is 0. The minimum atomic E-state index is -0.421. The Bertz CT molecular complexity index is 554. The van der Waals surface area contributed by atoms with Gasteiger partial charge in [-0.15, -0.1) is 0 Å². The highest BCUT2D eigenvalue weighted by Gasteiger charge is 2.27. The number of β-amino-alcohol motifs (C(OH)–C–C–N with tert-alkyl or cyclic N) is 1. The molecule has 6 heteroatoms. The first-order valence-electron chi connectivity index (χ1n) is 8.36. The maximum atomic E-state index is 13.9. The number of hydrogen-bond donors (Lipinski definition) is 2. The van der Waals surface area contributed by atoms with E-state index in [9.17, 15) is 14.3 Å². The predicted molar refractivity (Wildman–Crippen MR) is 87.0 cm³/mol. The number of carbonyl (C=O) groups excluding carboxylic acids is 1. The van der Waals surface area contributed by atoms with E-state index in [0.717, 1.165) is 32.2 Å². The van der Waals surface area contributed by atoms with Crippen molar-refractivity contribution in [2.45, 2.75) is 37.8 Å². The summed E-state index contributed by atoms with van der Waals surface area (Å²) in [6, 6.07) is 6.64. The van der Waals surface area contributed by atoms with E-state index in [1.54, 1.807) is 17.0 Å². The van der Waals surface area contributed by atoms with Crippen LogP contribution in [0.25, 0.3) is 0 Å². The Hall–Kier alpha value is -1.82. The van der Waals surface area contributed by atoms with Crippen molar-refractivity contribution in [2.75, 3.05) is 31.1 Å². The zero-order valence-corrected chi connectivity index (χ0v) is 13.2. The van der Waals surface area contributed by atoms with Crippen LogP contribution < -0.4 is 10.2 Å². The van der Waals surface area contributed by atoms with E-state index < -0.39 is 6.10 Å². The smallest absolute Gasteiger partial charge is 0.317 e. The van der Waals surface area contributed by atoms with Crippen LogP contribution in [0.15, 0.2) is 24.3 Å². The van der Waals surface area contributed by atoms with Crippen molar-refractivity contribution in [1.82, 2.24) is 10.2 Å². The first-order chi connectivity index (χ1) is 11.1. The molecule has 0 spiro atoms. The molecule has 1 aromatic rings. The number of piperidine rings is 2. The Balaban J connectivity index is 1.58. The molecular weight excluding hydrogens is 297 g/mol. The van der Waals surface area contributed by atoms with Crippen molar-refractivity contribution in [3.63, 3.8) is 0 Å². The molecule has 5 nitrogen and oxygen atoms in total. The zero-order chi connectivity index (χ0) is 16.2. The first kappa shape index (κ1) is 16.1. The Labute approximate surface area is 136 Å². The number of rotatable bonds is 2. The maximum Gasteiger partial charge on any atom is 0.317 e.